The Kier molecular flexibility index (Phi) is 4.37. The lowest BCUT2D eigenvalue weighted by molar-refractivity contribution is 0.171. The van der Waals surface area contributed by atoms with E-state index in [2.05, 4.69) is 30.8 Å². The molecular formula is C18H14N6O3S. The second kappa shape index (κ2) is 7.31. The number of fused-ring (bicyclic) bond motifs is 1. The summed E-state index contributed by atoms with van der Waals surface area (Å²) in [5.74, 6) is 3.17. The van der Waals surface area contributed by atoms with E-state index in [1.807, 2.05) is 42.5 Å². The molecule has 0 aliphatic carbocycles. The molecule has 0 fully saturated rings. The van der Waals surface area contributed by atoms with E-state index in [4.69, 9.17) is 13.9 Å². The maximum atomic E-state index is 5.79. The molecule has 0 amide bonds. The third-order valence-electron chi connectivity index (χ3n) is 4.10. The summed E-state index contributed by atoms with van der Waals surface area (Å²) < 4.78 is 16.9. The Morgan fingerprint density at radius 3 is 2.75 bits per heavy atom. The number of rotatable bonds is 5. The van der Waals surface area contributed by atoms with E-state index in [-0.39, 0.29) is 0 Å². The van der Waals surface area contributed by atoms with Gasteiger partial charge in [0, 0.05) is 16.9 Å². The molecule has 0 bridgehead atoms. The van der Waals surface area contributed by atoms with Crippen molar-refractivity contribution in [1.82, 2.24) is 30.8 Å². The van der Waals surface area contributed by atoms with Gasteiger partial charge in [-0.2, -0.15) is 0 Å². The third kappa shape index (κ3) is 3.41. The highest BCUT2D eigenvalue weighted by molar-refractivity contribution is 7.98. The van der Waals surface area contributed by atoms with Crippen molar-refractivity contribution < 1.29 is 13.9 Å². The van der Waals surface area contributed by atoms with Crippen LogP contribution >= 0.6 is 11.8 Å². The van der Waals surface area contributed by atoms with Crippen molar-refractivity contribution in [2.24, 2.45) is 0 Å². The molecule has 9 nitrogen and oxygen atoms in total. The van der Waals surface area contributed by atoms with E-state index in [0.29, 0.717) is 41.7 Å². The van der Waals surface area contributed by atoms with Gasteiger partial charge in [0.05, 0.1) is 0 Å². The minimum absolute atomic E-state index is 0.445. The molecule has 5 rings (SSSR count). The van der Waals surface area contributed by atoms with E-state index in [9.17, 15) is 0 Å². The summed E-state index contributed by atoms with van der Waals surface area (Å²) in [4.78, 5) is 0. The zero-order chi connectivity index (χ0) is 18.8. The Labute approximate surface area is 163 Å². The summed E-state index contributed by atoms with van der Waals surface area (Å²) in [6.07, 6.45) is 0. The van der Waals surface area contributed by atoms with Crippen molar-refractivity contribution in [3.63, 3.8) is 0 Å². The molecule has 1 aliphatic rings. The summed E-state index contributed by atoms with van der Waals surface area (Å²) in [6.45, 7) is 1.09. The fraction of sp³-hybridized carbons (Fsp3) is 0.167. The fourth-order valence-electron chi connectivity index (χ4n) is 2.80. The van der Waals surface area contributed by atoms with Crippen LogP contribution in [0.25, 0.3) is 22.8 Å². The number of nitrogens with zero attached hydrogens (tertiary/aromatic N) is 5. The molecule has 2 aromatic heterocycles. The highest BCUT2D eigenvalue weighted by Crippen LogP contribution is 2.35. The molecule has 2 aromatic carbocycles. The lowest BCUT2D eigenvalue weighted by Crippen LogP contribution is -2.15. The zero-order valence-corrected chi connectivity index (χ0v) is 15.3. The summed E-state index contributed by atoms with van der Waals surface area (Å²) >= 11 is 1.47. The van der Waals surface area contributed by atoms with Crippen molar-refractivity contribution in [1.29, 1.82) is 0 Å². The number of ether oxygens (including phenoxy) is 2. The lowest BCUT2D eigenvalue weighted by Gasteiger charge is -2.18. The van der Waals surface area contributed by atoms with Gasteiger partial charge in [0.1, 0.15) is 13.2 Å². The standard InChI is InChI=1S/C18H14N6O3S/c1-2-11(8-12(3-1)16-19-23-24-20-16)10-28-18-22-21-17(27-18)13-4-5-14-15(9-13)26-7-6-25-14/h1-5,8-9H,6-7,10H2,(H,19,20,23,24). The maximum absolute atomic E-state index is 5.79. The number of H-pyrrole nitrogens is 1. The van der Waals surface area contributed by atoms with Gasteiger partial charge in [-0.1, -0.05) is 30.0 Å². The van der Waals surface area contributed by atoms with Gasteiger partial charge in [0.15, 0.2) is 17.3 Å². The molecule has 0 unspecified atom stereocenters. The number of thioether (sulfide) groups is 1. The largest absolute Gasteiger partial charge is 0.486 e. The number of hydrogen-bond donors (Lipinski definition) is 1. The molecular weight excluding hydrogens is 380 g/mol. The predicted octanol–water partition coefficient (Wildman–Crippen LogP) is 2.98. The van der Waals surface area contributed by atoms with E-state index in [0.717, 1.165) is 22.4 Å². The van der Waals surface area contributed by atoms with Gasteiger partial charge in [-0.3, -0.25) is 0 Å². The molecule has 1 aliphatic heterocycles. The van der Waals surface area contributed by atoms with Crippen LogP contribution in [0.5, 0.6) is 11.5 Å². The molecule has 1 N–H and O–H groups in total. The molecule has 0 spiro atoms. The van der Waals surface area contributed by atoms with Gasteiger partial charge in [-0.05, 0) is 40.3 Å². The second-order valence-corrected chi connectivity index (χ2v) is 6.90. The van der Waals surface area contributed by atoms with E-state index >= 15 is 0 Å². The Morgan fingerprint density at radius 2 is 1.86 bits per heavy atom. The predicted molar refractivity (Wildman–Crippen MR) is 99.9 cm³/mol. The van der Waals surface area contributed by atoms with Crippen LogP contribution in [0.4, 0.5) is 0 Å². The van der Waals surface area contributed by atoms with Gasteiger partial charge < -0.3 is 13.9 Å². The van der Waals surface area contributed by atoms with Crippen LogP contribution in [-0.4, -0.2) is 44.0 Å². The molecule has 0 radical (unpaired) electrons. The summed E-state index contributed by atoms with van der Waals surface area (Å²) in [6, 6.07) is 13.5. The molecule has 28 heavy (non-hydrogen) atoms. The number of hydrogen-bond acceptors (Lipinski definition) is 9. The minimum Gasteiger partial charge on any atom is -0.486 e. The number of benzene rings is 2. The maximum Gasteiger partial charge on any atom is 0.277 e. The Balaban J connectivity index is 1.29. The highest BCUT2D eigenvalue weighted by atomic mass is 32.2. The Hall–Kier alpha value is -3.40. The van der Waals surface area contributed by atoms with Crippen LogP contribution in [-0.2, 0) is 5.75 Å². The molecule has 0 saturated carbocycles. The van der Waals surface area contributed by atoms with E-state index in [1.165, 1.54) is 11.8 Å². The van der Waals surface area contributed by atoms with Gasteiger partial charge >= 0.3 is 0 Å². The van der Waals surface area contributed by atoms with Crippen LogP contribution in [0.1, 0.15) is 5.56 Å². The van der Waals surface area contributed by atoms with Crippen molar-refractivity contribution >= 4 is 11.8 Å². The quantitative estimate of drug-likeness (QED) is 0.510. The van der Waals surface area contributed by atoms with Crippen LogP contribution in [0.2, 0.25) is 0 Å². The number of nitrogens with one attached hydrogen (secondary N) is 1. The number of tetrazole rings is 1. The first-order valence-corrected chi connectivity index (χ1v) is 9.53. The number of aromatic amines is 1. The lowest BCUT2D eigenvalue weighted by atomic mass is 10.1. The average molecular weight is 394 g/mol. The van der Waals surface area contributed by atoms with Crippen molar-refractivity contribution in [2.75, 3.05) is 13.2 Å². The summed E-state index contributed by atoms with van der Waals surface area (Å²) in [5, 5.41) is 22.7. The van der Waals surface area contributed by atoms with Crippen molar-refractivity contribution in [3.05, 3.63) is 48.0 Å². The Bertz CT molecular complexity index is 1100. The first-order chi connectivity index (χ1) is 13.8. The summed E-state index contributed by atoms with van der Waals surface area (Å²) in [5.41, 5.74) is 2.81. The van der Waals surface area contributed by atoms with Crippen LogP contribution in [0.15, 0.2) is 52.1 Å². The molecule has 3 heterocycles. The first kappa shape index (κ1) is 16.8. The molecule has 4 aromatic rings. The number of aromatic nitrogens is 6. The molecule has 0 atom stereocenters. The topological polar surface area (TPSA) is 112 Å². The summed E-state index contributed by atoms with van der Waals surface area (Å²) in [7, 11) is 0. The van der Waals surface area contributed by atoms with Gasteiger partial charge in [0.25, 0.3) is 5.22 Å². The van der Waals surface area contributed by atoms with E-state index < -0.39 is 0 Å². The van der Waals surface area contributed by atoms with Crippen LogP contribution in [0.3, 0.4) is 0 Å². The van der Waals surface area contributed by atoms with Gasteiger partial charge in [-0.15, -0.1) is 15.3 Å². The molecule has 140 valence electrons. The van der Waals surface area contributed by atoms with Gasteiger partial charge in [-0.25, -0.2) is 5.10 Å². The molecule has 0 saturated heterocycles. The first-order valence-electron chi connectivity index (χ1n) is 8.54. The highest BCUT2D eigenvalue weighted by Gasteiger charge is 2.16. The average Bonchev–Trinajstić information content (AvgIpc) is 3.44. The van der Waals surface area contributed by atoms with E-state index in [1.54, 1.807) is 0 Å². The normalized spacial score (nSPS) is 12.9. The van der Waals surface area contributed by atoms with Crippen molar-refractivity contribution in [2.45, 2.75) is 11.0 Å². The smallest absolute Gasteiger partial charge is 0.277 e. The van der Waals surface area contributed by atoms with Crippen LogP contribution in [0, 0.1) is 0 Å². The van der Waals surface area contributed by atoms with Crippen molar-refractivity contribution in [3.8, 4) is 34.3 Å². The third-order valence-corrected chi connectivity index (χ3v) is 4.99. The zero-order valence-electron chi connectivity index (χ0n) is 14.5. The fourth-order valence-corrected chi connectivity index (χ4v) is 3.50. The van der Waals surface area contributed by atoms with Crippen LogP contribution < -0.4 is 9.47 Å². The minimum atomic E-state index is 0.445. The second-order valence-electron chi connectivity index (χ2n) is 5.97. The molecule has 10 heteroatoms. The monoisotopic (exact) mass is 394 g/mol. The van der Waals surface area contributed by atoms with Gasteiger partial charge in [0.2, 0.25) is 5.89 Å². The Morgan fingerprint density at radius 1 is 0.929 bits per heavy atom. The SMILES string of the molecule is c1cc(CSc2nnc(-c3ccc4c(c3)OCCO4)o2)cc(-c2nnn[nH]2)c1.